The van der Waals surface area contributed by atoms with Crippen LogP contribution in [0.2, 0.25) is 0 Å². The van der Waals surface area contributed by atoms with Crippen LogP contribution in [0, 0.1) is 25.2 Å². The molecule has 1 amide bonds. The summed E-state index contributed by atoms with van der Waals surface area (Å²) in [4.78, 5) is 18.9. The first-order valence-corrected chi connectivity index (χ1v) is 10.4. The lowest BCUT2D eigenvalue weighted by Crippen LogP contribution is -2.50. The SMILES string of the molecule is Cc1ccc(-n2ccnc2SCC(=O)N(C)C2(C#N)CCCCC2)c(C)c1. The third-order valence-electron chi connectivity index (χ3n) is 5.45. The summed E-state index contributed by atoms with van der Waals surface area (Å²) in [6, 6.07) is 8.72. The highest BCUT2D eigenvalue weighted by Gasteiger charge is 2.38. The smallest absolute Gasteiger partial charge is 0.234 e. The number of benzene rings is 1. The average Bonchev–Trinajstić information content (AvgIpc) is 3.14. The lowest BCUT2D eigenvalue weighted by Gasteiger charge is -2.39. The lowest BCUT2D eigenvalue weighted by atomic mass is 9.81. The molecule has 0 bridgehead atoms. The molecule has 1 fully saturated rings. The Morgan fingerprint density at radius 1 is 1.33 bits per heavy atom. The van der Waals surface area contributed by atoms with Gasteiger partial charge in [-0.1, -0.05) is 48.7 Å². The highest BCUT2D eigenvalue weighted by molar-refractivity contribution is 7.99. The van der Waals surface area contributed by atoms with E-state index < -0.39 is 5.54 Å². The maximum atomic E-state index is 12.8. The van der Waals surface area contributed by atoms with Crippen LogP contribution in [0.15, 0.2) is 35.7 Å². The number of rotatable bonds is 5. The van der Waals surface area contributed by atoms with Crippen LogP contribution in [0.5, 0.6) is 0 Å². The van der Waals surface area contributed by atoms with E-state index in [2.05, 4.69) is 43.1 Å². The van der Waals surface area contributed by atoms with Gasteiger partial charge in [-0.2, -0.15) is 5.26 Å². The van der Waals surface area contributed by atoms with E-state index in [4.69, 9.17) is 0 Å². The highest BCUT2D eigenvalue weighted by atomic mass is 32.2. The van der Waals surface area contributed by atoms with E-state index in [9.17, 15) is 10.1 Å². The first-order valence-electron chi connectivity index (χ1n) is 9.38. The van der Waals surface area contributed by atoms with E-state index in [0.29, 0.717) is 0 Å². The molecule has 0 radical (unpaired) electrons. The minimum Gasteiger partial charge on any atom is -0.326 e. The molecule has 1 aromatic heterocycles. The monoisotopic (exact) mass is 382 g/mol. The van der Waals surface area contributed by atoms with Gasteiger partial charge in [0.2, 0.25) is 5.91 Å². The minimum absolute atomic E-state index is 0.0152. The van der Waals surface area contributed by atoms with Crippen LogP contribution in [-0.2, 0) is 4.79 Å². The molecule has 6 heteroatoms. The summed E-state index contributed by atoms with van der Waals surface area (Å²) < 4.78 is 2.02. The van der Waals surface area contributed by atoms with Crippen molar-refractivity contribution < 1.29 is 4.79 Å². The molecule has 0 atom stereocenters. The van der Waals surface area contributed by atoms with Crippen molar-refractivity contribution in [3.8, 4) is 11.8 Å². The average molecular weight is 383 g/mol. The summed E-state index contributed by atoms with van der Waals surface area (Å²) in [5, 5.41) is 10.5. The Kier molecular flexibility index (Phi) is 5.91. The standard InChI is InChI=1S/C21H26N4OS/c1-16-7-8-18(17(2)13-16)25-12-11-23-20(25)27-14-19(26)24(3)21(15-22)9-5-4-6-10-21/h7-8,11-13H,4-6,9-10,14H2,1-3H3. The van der Waals surface area contributed by atoms with Gasteiger partial charge >= 0.3 is 0 Å². The number of amides is 1. The third kappa shape index (κ3) is 4.03. The molecule has 1 aliphatic rings. The molecule has 142 valence electrons. The van der Waals surface area contributed by atoms with Gasteiger partial charge in [-0.25, -0.2) is 4.98 Å². The van der Waals surface area contributed by atoms with E-state index >= 15 is 0 Å². The summed E-state index contributed by atoms with van der Waals surface area (Å²) in [5.41, 5.74) is 2.82. The molecule has 1 aromatic carbocycles. The largest absolute Gasteiger partial charge is 0.326 e. The number of hydrogen-bond donors (Lipinski definition) is 0. The Balaban J connectivity index is 1.71. The molecular formula is C21H26N4OS. The molecule has 27 heavy (non-hydrogen) atoms. The van der Waals surface area contributed by atoms with Crippen LogP contribution in [0.3, 0.4) is 0 Å². The first kappa shape index (κ1) is 19.5. The summed E-state index contributed by atoms with van der Waals surface area (Å²) in [5.74, 6) is 0.264. The number of aromatic nitrogens is 2. The fraction of sp³-hybridized carbons (Fsp3) is 0.476. The number of carbonyl (C=O) groups is 1. The third-order valence-corrected chi connectivity index (χ3v) is 6.40. The molecule has 0 unspecified atom stereocenters. The summed E-state index contributed by atoms with van der Waals surface area (Å²) in [6.45, 7) is 4.15. The van der Waals surface area contributed by atoms with Crippen LogP contribution in [0.1, 0.15) is 43.2 Å². The Morgan fingerprint density at radius 2 is 2.07 bits per heavy atom. The summed E-state index contributed by atoms with van der Waals surface area (Å²) >= 11 is 1.42. The topological polar surface area (TPSA) is 61.9 Å². The highest BCUT2D eigenvalue weighted by Crippen LogP contribution is 2.33. The second-order valence-corrected chi connectivity index (χ2v) is 8.26. The minimum atomic E-state index is -0.640. The normalized spacial score (nSPS) is 15.9. The predicted molar refractivity (Wildman–Crippen MR) is 108 cm³/mol. The molecule has 0 aliphatic heterocycles. The summed E-state index contributed by atoms with van der Waals surface area (Å²) in [7, 11) is 1.77. The van der Waals surface area contributed by atoms with Crippen molar-refractivity contribution in [2.24, 2.45) is 0 Å². The van der Waals surface area contributed by atoms with Crippen molar-refractivity contribution in [3.63, 3.8) is 0 Å². The van der Waals surface area contributed by atoms with Crippen molar-refractivity contribution in [3.05, 3.63) is 41.7 Å². The van der Waals surface area contributed by atoms with Gasteiger partial charge in [0, 0.05) is 19.4 Å². The molecule has 0 saturated heterocycles. The van der Waals surface area contributed by atoms with Crippen LogP contribution in [-0.4, -0.2) is 38.7 Å². The van der Waals surface area contributed by atoms with Gasteiger partial charge in [-0.05, 0) is 38.3 Å². The molecule has 0 N–H and O–H groups in total. The zero-order chi connectivity index (χ0) is 19.4. The van der Waals surface area contributed by atoms with Crippen LogP contribution >= 0.6 is 11.8 Å². The Morgan fingerprint density at radius 3 is 2.74 bits per heavy atom. The molecule has 0 spiro atoms. The second-order valence-electron chi connectivity index (χ2n) is 7.32. The number of aryl methyl sites for hydroxylation is 2. The second kappa shape index (κ2) is 8.18. The van der Waals surface area contributed by atoms with Crippen LogP contribution in [0.25, 0.3) is 5.69 Å². The Labute approximate surface area is 165 Å². The first-order chi connectivity index (χ1) is 13.0. The predicted octanol–water partition coefficient (Wildman–Crippen LogP) is 4.27. The molecule has 1 saturated carbocycles. The molecule has 1 heterocycles. The van der Waals surface area contributed by atoms with Gasteiger partial charge in [0.25, 0.3) is 0 Å². The Hall–Kier alpha value is -2.26. The van der Waals surface area contributed by atoms with Crippen LogP contribution < -0.4 is 0 Å². The zero-order valence-electron chi connectivity index (χ0n) is 16.2. The van der Waals surface area contributed by atoms with Crippen molar-refractivity contribution in [1.29, 1.82) is 5.26 Å². The van der Waals surface area contributed by atoms with Crippen molar-refractivity contribution in [2.45, 2.75) is 56.6 Å². The fourth-order valence-corrected chi connectivity index (χ4v) is 4.66. The number of imidazole rings is 1. The Bertz CT molecular complexity index is 861. The maximum Gasteiger partial charge on any atom is 0.234 e. The van der Waals surface area contributed by atoms with Crippen molar-refractivity contribution in [2.75, 3.05) is 12.8 Å². The van der Waals surface area contributed by atoms with Gasteiger partial charge in [-0.15, -0.1) is 0 Å². The van der Waals surface area contributed by atoms with Crippen LogP contribution in [0.4, 0.5) is 0 Å². The van der Waals surface area contributed by atoms with Gasteiger partial charge in [0.1, 0.15) is 5.54 Å². The zero-order valence-corrected chi connectivity index (χ0v) is 17.1. The number of carbonyl (C=O) groups excluding carboxylic acids is 1. The molecule has 2 aromatic rings. The fourth-order valence-electron chi connectivity index (χ4n) is 3.78. The molecular weight excluding hydrogens is 356 g/mol. The van der Waals surface area contributed by atoms with E-state index in [1.54, 1.807) is 18.1 Å². The summed E-state index contributed by atoms with van der Waals surface area (Å²) in [6.07, 6.45) is 8.39. The number of nitrogens with zero attached hydrogens (tertiary/aromatic N) is 4. The molecule has 5 nitrogen and oxygen atoms in total. The van der Waals surface area contributed by atoms with E-state index in [-0.39, 0.29) is 11.7 Å². The number of thioether (sulfide) groups is 1. The lowest BCUT2D eigenvalue weighted by molar-refractivity contribution is -0.131. The number of nitriles is 1. The number of hydrogen-bond acceptors (Lipinski definition) is 4. The quantitative estimate of drug-likeness (QED) is 0.725. The van der Waals surface area contributed by atoms with Gasteiger partial charge in [-0.3, -0.25) is 9.36 Å². The van der Waals surface area contributed by atoms with E-state index in [1.807, 2.05) is 10.8 Å². The molecule has 3 rings (SSSR count). The van der Waals surface area contributed by atoms with E-state index in [1.165, 1.54) is 22.9 Å². The van der Waals surface area contributed by atoms with Crippen molar-refractivity contribution >= 4 is 17.7 Å². The van der Waals surface area contributed by atoms with Gasteiger partial charge in [0.05, 0.1) is 17.5 Å². The van der Waals surface area contributed by atoms with Crippen molar-refractivity contribution in [1.82, 2.24) is 14.5 Å². The van der Waals surface area contributed by atoms with Gasteiger partial charge < -0.3 is 4.90 Å². The maximum absolute atomic E-state index is 12.8. The van der Waals surface area contributed by atoms with Gasteiger partial charge in [0.15, 0.2) is 5.16 Å². The molecule has 1 aliphatic carbocycles. The van der Waals surface area contributed by atoms with E-state index in [0.717, 1.165) is 42.9 Å².